The van der Waals surface area contributed by atoms with Crippen LogP contribution < -0.4 is 0 Å². The summed E-state index contributed by atoms with van der Waals surface area (Å²) < 4.78 is 6.76. The number of allylic oxidation sites excluding steroid dienone is 2. The maximum atomic E-state index is 6.76. The SMILES string of the molecule is C1=CC(C2CC=C(c3nc(-c4ccccc4)nc(-c4ccc5c(ccc6ccccc65)c4)n3)c3c2oc2ccccc32)Cc2ccccc21. The first-order valence-corrected chi connectivity index (χ1v) is 17.0. The Morgan fingerprint density at radius 2 is 1.29 bits per heavy atom. The van der Waals surface area contributed by atoms with Crippen LogP contribution in [-0.4, -0.2) is 15.0 Å². The first kappa shape index (κ1) is 27.9. The zero-order chi connectivity index (χ0) is 32.3. The minimum atomic E-state index is 0.209. The molecule has 4 nitrogen and oxygen atoms in total. The van der Waals surface area contributed by atoms with Gasteiger partial charge in [0.25, 0.3) is 0 Å². The third kappa shape index (κ3) is 4.71. The molecule has 0 fully saturated rings. The molecular weight excluding hydrogens is 599 g/mol. The van der Waals surface area contributed by atoms with Gasteiger partial charge in [0.1, 0.15) is 11.3 Å². The smallest absolute Gasteiger partial charge is 0.164 e. The molecule has 6 aromatic carbocycles. The number of nitrogens with zero attached hydrogens (tertiary/aromatic N) is 3. The molecular formula is C45H31N3O. The first-order chi connectivity index (χ1) is 24.3. The van der Waals surface area contributed by atoms with E-state index in [1.807, 2.05) is 24.3 Å². The number of para-hydroxylation sites is 1. The fraction of sp³-hybridized carbons (Fsp3) is 0.0889. The molecule has 2 aromatic heterocycles. The van der Waals surface area contributed by atoms with Gasteiger partial charge in [-0.25, -0.2) is 15.0 Å². The van der Waals surface area contributed by atoms with Crippen molar-refractivity contribution in [1.82, 2.24) is 15.0 Å². The topological polar surface area (TPSA) is 51.8 Å². The van der Waals surface area contributed by atoms with E-state index in [1.165, 1.54) is 27.3 Å². The highest BCUT2D eigenvalue weighted by atomic mass is 16.3. The van der Waals surface area contributed by atoms with Gasteiger partial charge in [0.2, 0.25) is 0 Å². The molecule has 0 bridgehead atoms. The van der Waals surface area contributed by atoms with E-state index < -0.39 is 0 Å². The van der Waals surface area contributed by atoms with Crippen LogP contribution in [0.3, 0.4) is 0 Å². The zero-order valence-electron chi connectivity index (χ0n) is 26.8. The van der Waals surface area contributed by atoms with Crippen molar-refractivity contribution in [3.05, 3.63) is 174 Å². The Labute approximate surface area is 284 Å². The quantitative estimate of drug-likeness (QED) is 0.182. The lowest BCUT2D eigenvalue weighted by atomic mass is 9.75. The van der Waals surface area contributed by atoms with E-state index in [4.69, 9.17) is 19.4 Å². The van der Waals surface area contributed by atoms with Gasteiger partial charge in [-0.15, -0.1) is 0 Å². The van der Waals surface area contributed by atoms with Gasteiger partial charge in [-0.3, -0.25) is 0 Å². The molecule has 2 atom stereocenters. The lowest BCUT2D eigenvalue weighted by Gasteiger charge is -2.29. The number of fused-ring (bicyclic) bond motifs is 7. The van der Waals surface area contributed by atoms with Gasteiger partial charge in [0, 0.05) is 33.6 Å². The summed E-state index contributed by atoms with van der Waals surface area (Å²) in [6.07, 6.45) is 8.82. The monoisotopic (exact) mass is 629 g/mol. The van der Waals surface area contributed by atoms with E-state index >= 15 is 0 Å². The van der Waals surface area contributed by atoms with E-state index in [9.17, 15) is 0 Å². The summed E-state index contributed by atoms with van der Waals surface area (Å²) in [7, 11) is 0. The number of hydrogen-bond donors (Lipinski definition) is 0. The lowest BCUT2D eigenvalue weighted by molar-refractivity contribution is 0.410. The van der Waals surface area contributed by atoms with Crippen molar-refractivity contribution in [2.45, 2.75) is 18.8 Å². The fourth-order valence-electron chi connectivity index (χ4n) is 7.83. The van der Waals surface area contributed by atoms with Gasteiger partial charge < -0.3 is 4.42 Å². The highest BCUT2D eigenvalue weighted by Crippen LogP contribution is 2.48. The predicted octanol–water partition coefficient (Wildman–Crippen LogP) is 11.1. The Hall–Kier alpha value is -6.13. The van der Waals surface area contributed by atoms with Gasteiger partial charge in [-0.05, 0) is 63.6 Å². The summed E-state index contributed by atoms with van der Waals surface area (Å²) in [6, 6.07) is 46.7. The third-order valence-electron chi connectivity index (χ3n) is 10.3. The first-order valence-electron chi connectivity index (χ1n) is 17.0. The highest BCUT2D eigenvalue weighted by molar-refractivity contribution is 6.08. The molecule has 2 heterocycles. The van der Waals surface area contributed by atoms with E-state index in [0.717, 1.165) is 57.2 Å². The third-order valence-corrected chi connectivity index (χ3v) is 10.3. The second-order valence-corrected chi connectivity index (χ2v) is 13.1. The summed E-state index contributed by atoms with van der Waals surface area (Å²) in [6.45, 7) is 0. The number of aromatic nitrogens is 3. The van der Waals surface area contributed by atoms with Crippen LogP contribution in [0.15, 0.2) is 150 Å². The van der Waals surface area contributed by atoms with Gasteiger partial charge in [-0.1, -0.05) is 140 Å². The molecule has 0 radical (unpaired) electrons. The number of benzene rings is 6. The molecule has 0 saturated carbocycles. The second-order valence-electron chi connectivity index (χ2n) is 13.1. The maximum Gasteiger partial charge on any atom is 0.164 e. The standard InChI is InChI=1S/C45H31N3O/c1-2-12-30(13-3-1)43-46-44(34-22-23-36-32(27-34)21-19-29-11-6-7-15-35(29)36)48-45(47-43)39-25-24-37(33-20-18-28-10-4-5-14-31(28)26-33)42-41(39)38-16-8-9-17-40(38)49-42/h1-23,25,27,33,37H,24,26H2. The van der Waals surface area contributed by atoms with Crippen LogP contribution in [-0.2, 0) is 6.42 Å². The summed E-state index contributed by atoms with van der Waals surface area (Å²) >= 11 is 0. The largest absolute Gasteiger partial charge is 0.460 e. The van der Waals surface area contributed by atoms with Crippen molar-refractivity contribution in [2.24, 2.45) is 5.92 Å². The second kappa shape index (κ2) is 11.2. The summed E-state index contributed by atoms with van der Waals surface area (Å²) in [5.74, 6) is 3.54. The van der Waals surface area contributed by atoms with Crippen LogP contribution in [0.4, 0.5) is 0 Å². The van der Waals surface area contributed by atoms with E-state index in [2.05, 4.69) is 127 Å². The average molecular weight is 630 g/mol. The zero-order valence-corrected chi connectivity index (χ0v) is 26.8. The molecule has 49 heavy (non-hydrogen) atoms. The normalized spacial score (nSPS) is 16.9. The van der Waals surface area contributed by atoms with Gasteiger partial charge in [0.15, 0.2) is 17.5 Å². The summed E-state index contributed by atoms with van der Waals surface area (Å²) in [4.78, 5) is 15.5. The predicted molar refractivity (Wildman–Crippen MR) is 199 cm³/mol. The molecule has 232 valence electrons. The molecule has 2 unspecified atom stereocenters. The molecule has 0 amide bonds. The van der Waals surface area contributed by atoms with Crippen LogP contribution in [0.25, 0.3) is 66.9 Å². The van der Waals surface area contributed by atoms with Crippen molar-refractivity contribution in [1.29, 1.82) is 0 Å². The lowest BCUT2D eigenvalue weighted by Crippen LogP contribution is -2.19. The van der Waals surface area contributed by atoms with Crippen molar-refractivity contribution in [3.63, 3.8) is 0 Å². The fourth-order valence-corrected chi connectivity index (χ4v) is 7.83. The number of furan rings is 1. The Bertz CT molecular complexity index is 2630. The van der Waals surface area contributed by atoms with Gasteiger partial charge in [0.05, 0.1) is 0 Å². The summed E-state index contributed by atoms with van der Waals surface area (Å²) in [5.41, 5.74) is 7.61. The molecule has 0 N–H and O–H groups in total. The Morgan fingerprint density at radius 3 is 2.20 bits per heavy atom. The molecule has 0 spiro atoms. The van der Waals surface area contributed by atoms with Crippen molar-refractivity contribution in [2.75, 3.05) is 0 Å². The van der Waals surface area contributed by atoms with Crippen LogP contribution >= 0.6 is 0 Å². The highest BCUT2D eigenvalue weighted by Gasteiger charge is 2.35. The Morgan fingerprint density at radius 1 is 0.571 bits per heavy atom. The maximum absolute atomic E-state index is 6.76. The van der Waals surface area contributed by atoms with E-state index in [-0.39, 0.29) is 5.92 Å². The number of hydrogen-bond acceptors (Lipinski definition) is 4. The van der Waals surface area contributed by atoms with Gasteiger partial charge in [-0.2, -0.15) is 0 Å². The number of rotatable bonds is 4. The van der Waals surface area contributed by atoms with Crippen molar-refractivity contribution >= 4 is 44.2 Å². The molecule has 0 aliphatic heterocycles. The molecule has 2 aliphatic carbocycles. The van der Waals surface area contributed by atoms with E-state index in [0.29, 0.717) is 23.4 Å². The molecule has 8 aromatic rings. The molecule has 10 rings (SSSR count). The van der Waals surface area contributed by atoms with Crippen LogP contribution in [0.5, 0.6) is 0 Å². The average Bonchev–Trinajstić information content (AvgIpc) is 3.57. The van der Waals surface area contributed by atoms with Crippen LogP contribution in [0, 0.1) is 5.92 Å². The van der Waals surface area contributed by atoms with Gasteiger partial charge >= 0.3 is 0 Å². The molecule has 4 heteroatoms. The van der Waals surface area contributed by atoms with Crippen LogP contribution in [0.2, 0.25) is 0 Å². The Balaban J connectivity index is 1.13. The van der Waals surface area contributed by atoms with Crippen LogP contribution in [0.1, 0.15) is 40.6 Å². The van der Waals surface area contributed by atoms with E-state index in [1.54, 1.807) is 0 Å². The molecule has 0 saturated heterocycles. The Kier molecular flexibility index (Phi) is 6.41. The minimum Gasteiger partial charge on any atom is -0.460 e. The molecule has 2 aliphatic rings. The summed E-state index contributed by atoms with van der Waals surface area (Å²) in [5, 5.41) is 5.94. The minimum absolute atomic E-state index is 0.209. The van der Waals surface area contributed by atoms with Crippen molar-refractivity contribution in [3.8, 4) is 22.8 Å². The van der Waals surface area contributed by atoms with Crippen molar-refractivity contribution < 1.29 is 4.42 Å².